The molecular weight excluding hydrogens is 196 g/mol. The van der Waals surface area contributed by atoms with E-state index in [2.05, 4.69) is 32.6 Å². The Balaban J connectivity index is 4.40. The lowest BCUT2D eigenvalue weighted by molar-refractivity contribution is 0.0966. The summed E-state index contributed by atoms with van der Waals surface area (Å²) in [5.41, 5.74) is 6.22. The first-order chi connectivity index (χ1) is 7.64. The van der Waals surface area contributed by atoms with Gasteiger partial charge in [0.2, 0.25) is 0 Å². The molecule has 0 heterocycles. The van der Waals surface area contributed by atoms with Crippen molar-refractivity contribution < 1.29 is 0 Å². The molecule has 0 aromatic rings. The first-order valence-electron chi connectivity index (χ1n) is 7.09. The summed E-state index contributed by atoms with van der Waals surface area (Å²) < 4.78 is 0. The summed E-state index contributed by atoms with van der Waals surface area (Å²) in [5.74, 6) is 0. The molecule has 2 heteroatoms. The topological polar surface area (TPSA) is 29.3 Å². The van der Waals surface area contributed by atoms with Crippen LogP contribution in [0.15, 0.2) is 0 Å². The van der Waals surface area contributed by atoms with Crippen LogP contribution in [0.25, 0.3) is 0 Å². The SMILES string of the molecule is CCCCN(CCCC)C(C)(CN)CCC. The predicted octanol–water partition coefficient (Wildman–Crippen LogP) is 3.41. The van der Waals surface area contributed by atoms with Crippen LogP contribution in [0.3, 0.4) is 0 Å². The largest absolute Gasteiger partial charge is 0.329 e. The van der Waals surface area contributed by atoms with Crippen molar-refractivity contribution in [2.75, 3.05) is 19.6 Å². The first-order valence-corrected chi connectivity index (χ1v) is 7.09. The van der Waals surface area contributed by atoms with E-state index in [1.54, 1.807) is 0 Å². The van der Waals surface area contributed by atoms with Gasteiger partial charge in [0.25, 0.3) is 0 Å². The molecule has 0 saturated carbocycles. The van der Waals surface area contributed by atoms with Gasteiger partial charge in [-0.05, 0) is 39.3 Å². The van der Waals surface area contributed by atoms with Crippen molar-refractivity contribution in [3.63, 3.8) is 0 Å². The molecule has 16 heavy (non-hydrogen) atoms. The molecule has 0 aromatic heterocycles. The number of hydrogen-bond donors (Lipinski definition) is 1. The number of rotatable bonds is 10. The van der Waals surface area contributed by atoms with Crippen LogP contribution in [0.5, 0.6) is 0 Å². The lowest BCUT2D eigenvalue weighted by Gasteiger charge is -2.41. The second-order valence-electron chi connectivity index (χ2n) is 5.15. The second kappa shape index (κ2) is 9.00. The first kappa shape index (κ1) is 15.9. The van der Waals surface area contributed by atoms with Gasteiger partial charge in [-0.2, -0.15) is 0 Å². The van der Waals surface area contributed by atoms with Crippen LogP contribution in [0.2, 0.25) is 0 Å². The summed E-state index contributed by atoms with van der Waals surface area (Å²) in [6.07, 6.45) is 7.58. The van der Waals surface area contributed by atoms with E-state index in [0.29, 0.717) is 0 Å². The highest BCUT2D eigenvalue weighted by atomic mass is 15.2. The Hall–Kier alpha value is -0.0800. The molecule has 0 aromatic carbocycles. The Bertz CT molecular complexity index is 151. The van der Waals surface area contributed by atoms with E-state index in [1.807, 2.05) is 0 Å². The third kappa shape index (κ3) is 5.31. The third-order valence-corrected chi connectivity index (χ3v) is 3.55. The molecule has 0 saturated heterocycles. The molecule has 0 aliphatic rings. The normalized spacial score (nSPS) is 15.4. The van der Waals surface area contributed by atoms with E-state index in [1.165, 1.54) is 51.6 Å². The molecule has 1 unspecified atom stereocenters. The Kier molecular flexibility index (Phi) is 8.96. The van der Waals surface area contributed by atoms with E-state index in [0.717, 1.165) is 6.54 Å². The Labute approximate surface area is 103 Å². The highest BCUT2D eigenvalue weighted by Gasteiger charge is 2.28. The molecule has 0 aliphatic carbocycles. The number of hydrogen-bond acceptors (Lipinski definition) is 2. The Morgan fingerprint density at radius 1 is 0.938 bits per heavy atom. The fraction of sp³-hybridized carbons (Fsp3) is 1.00. The highest BCUT2D eigenvalue weighted by Crippen LogP contribution is 2.21. The fourth-order valence-corrected chi connectivity index (χ4v) is 2.28. The van der Waals surface area contributed by atoms with E-state index >= 15 is 0 Å². The van der Waals surface area contributed by atoms with E-state index < -0.39 is 0 Å². The standard InChI is InChI=1S/C14H32N2/c1-5-8-11-16(12-9-6-2)14(4,13-15)10-7-3/h5-13,15H2,1-4H3. The van der Waals surface area contributed by atoms with Gasteiger partial charge in [-0.15, -0.1) is 0 Å². The molecule has 0 radical (unpaired) electrons. The third-order valence-electron chi connectivity index (χ3n) is 3.55. The molecule has 0 spiro atoms. The van der Waals surface area contributed by atoms with Gasteiger partial charge >= 0.3 is 0 Å². The maximum Gasteiger partial charge on any atom is 0.0303 e. The minimum absolute atomic E-state index is 0.221. The summed E-state index contributed by atoms with van der Waals surface area (Å²) in [7, 11) is 0. The zero-order chi connectivity index (χ0) is 12.4. The van der Waals surface area contributed by atoms with Crippen LogP contribution >= 0.6 is 0 Å². The molecule has 0 fully saturated rings. The maximum atomic E-state index is 6.00. The Morgan fingerprint density at radius 3 is 1.75 bits per heavy atom. The number of unbranched alkanes of at least 4 members (excludes halogenated alkanes) is 2. The van der Waals surface area contributed by atoms with Crippen LogP contribution in [0.1, 0.15) is 66.2 Å². The van der Waals surface area contributed by atoms with Crippen molar-refractivity contribution in [2.24, 2.45) is 5.73 Å². The second-order valence-corrected chi connectivity index (χ2v) is 5.15. The molecule has 2 N–H and O–H groups in total. The van der Waals surface area contributed by atoms with Crippen molar-refractivity contribution in [1.82, 2.24) is 4.90 Å². The summed E-state index contributed by atoms with van der Waals surface area (Å²) in [6.45, 7) is 12.3. The summed E-state index contributed by atoms with van der Waals surface area (Å²) in [4.78, 5) is 2.63. The van der Waals surface area contributed by atoms with Crippen LogP contribution in [0.4, 0.5) is 0 Å². The monoisotopic (exact) mass is 228 g/mol. The van der Waals surface area contributed by atoms with Crippen LogP contribution < -0.4 is 5.73 Å². The van der Waals surface area contributed by atoms with Gasteiger partial charge in [0.1, 0.15) is 0 Å². The lowest BCUT2D eigenvalue weighted by atomic mass is 9.93. The molecule has 0 rings (SSSR count). The molecule has 0 amide bonds. The highest BCUT2D eigenvalue weighted by molar-refractivity contribution is 4.86. The van der Waals surface area contributed by atoms with Crippen molar-refractivity contribution in [2.45, 2.75) is 71.8 Å². The number of nitrogens with zero attached hydrogens (tertiary/aromatic N) is 1. The van der Waals surface area contributed by atoms with Crippen molar-refractivity contribution >= 4 is 0 Å². The summed E-state index contributed by atoms with van der Waals surface area (Å²) in [6, 6.07) is 0. The van der Waals surface area contributed by atoms with Crippen molar-refractivity contribution in [1.29, 1.82) is 0 Å². The van der Waals surface area contributed by atoms with Crippen LogP contribution in [-0.2, 0) is 0 Å². The number of nitrogens with two attached hydrogens (primary N) is 1. The van der Waals surface area contributed by atoms with E-state index in [-0.39, 0.29) is 5.54 Å². The van der Waals surface area contributed by atoms with E-state index in [9.17, 15) is 0 Å². The zero-order valence-corrected chi connectivity index (χ0v) is 11.9. The van der Waals surface area contributed by atoms with Crippen LogP contribution in [-0.4, -0.2) is 30.1 Å². The van der Waals surface area contributed by atoms with Gasteiger partial charge < -0.3 is 5.73 Å². The summed E-state index contributed by atoms with van der Waals surface area (Å²) in [5, 5.41) is 0. The lowest BCUT2D eigenvalue weighted by Crippen LogP contribution is -2.52. The average Bonchev–Trinajstić information content (AvgIpc) is 2.29. The molecule has 98 valence electrons. The predicted molar refractivity (Wildman–Crippen MR) is 73.8 cm³/mol. The van der Waals surface area contributed by atoms with Gasteiger partial charge in [-0.25, -0.2) is 0 Å². The minimum atomic E-state index is 0.221. The molecule has 0 aliphatic heterocycles. The van der Waals surface area contributed by atoms with Crippen molar-refractivity contribution in [3.8, 4) is 0 Å². The zero-order valence-electron chi connectivity index (χ0n) is 11.9. The van der Waals surface area contributed by atoms with Crippen molar-refractivity contribution in [3.05, 3.63) is 0 Å². The van der Waals surface area contributed by atoms with Gasteiger partial charge in [-0.1, -0.05) is 40.0 Å². The summed E-state index contributed by atoms with van der Waals surface area (Å²) >= 11 is 0. The minimum Gasteiger partial charge on any atom is -0.329 e. The van der Waals surface area contributed by atoms with Crippen LogP contribution in [0, 0.1) is 0 Å². The fourth-order valence-electron chi connectivity index (χ4n) is 2.28. The van der Waals surface area contributed by atoms with Gasteiger partial charge in [0, 0.05) is 12.1 Å². The molecule has 2 nitrogen and oxygen atoms in total. The molecule has 1 atom stereocenters. The molecular formula is C14H32N2. The van der Waals surface area contributed by atoms with Gasteiger partial charge in [0.05, 0.1) is 0 Å². The maximum absolute atomic E-state index is 6.00. The molecule has 0 bridgehead atoms. The van der Waals surface area contributed by atoms with Gasteiger partial charge in [-0.3, -0.25) is 4.90 Å². The van der Waals surface area contributed by atoms with Gasteiger partial charge in [0.15, 0.2) is 0 Å². The quantitative estimate of drug-likeness (QED) is 0.621. The smallest absolute Gasteiger partial charge is 0.0303 e. The Morgan fingerprint density at radius 2 is 1.44 bits per heavy atom. The average molecular weight is 228 g/mol. The van der Waals surface area contributed by atoms with E-state index in [4.69, 9.17) is 5.73 Å².